The highest BCUT2D eigenvalue weighted by Crippen LogP contribution is 2.32. The van der Waals surface area contributed by atoms with Gasteiger partial charge in [-0.2, -0.15) is 0 Å². The minimum Gasteiger partial charge on any atom is -0.438 e. The molecule has 0 unspecified atom stereocenters. The van der Waals surface area contributed by atoms with Crippen LogP contribution in [0.5, 0.6) is 11.6 Å². The molecule has 0 radical (unpaired) electrons. The fourth-order valence-electron chi connectivity index (χ4n) is 2.85. The highest BCUT2D eigenvalue weighted by Gasteiger charge is 2.28. The number of oxime groups is 1. The number of nitrogens with zero attached hydrogens (tertiary/aromatic N) is 3. The van der Waals surface area contributed by atoms with E-state index in [9.17, 15) is 5.21 Å². The average molecular weight is 374 g/mol. The zero-order chi connectivity index (χ0) is 18.5. The van der Waals surface area contributed by atoms with E-state index in [0.717, 1.165) is 25.2 Å². The Kier molecular flexibility index (Phi) is 5.99. The summed E-state index contributed by atoms with van der Waals surface area (Å²) in [5.41, 5.74) is 1.52. The molecule has 1 aromatic carbocycles. The minimum atomic E-state index is 0.428. The first kappa shape index (κ1) is 18.5. The van der Waals surface area contributed by atoms with Gasteiger partial charge in [0.1, 0.15) is 5.75 Å². The topological polar surface area (TPSA) is 58.0 Å². The lowest BCUT2D eigenvalue weighted by atomic mass is 10.2. The summed E-state index contributed by atoms with van der Waals surface area (Å²) in [5, 5.41) is 14.0. The summed E-state index contributed by atoms with van der Waals surface area (Å²) < 4.78 is 5.99. The maximum Gasteiger partial charge on any atom is 0.230 e. The van der Waals surface area contributed by atoms with Crippen molar-refractivity contribution in [1.82, 2.24) is 9.88 Å². The molecule has 3 rings (SSSR count). The molecule has 0 saturated heterocycles. The van der Waals surface area contributed by atoms with Gasteiger partial charge in [0.15, 0.2) is 5.84 Å². The Morgan fingerprint density at radius 2 is 2.00 bits per heavy atom. The number of ether oxygens (including phenoxy) is 1. The molecule has 1 aromatic heterocycles. The highest BCUT2D eigenvalue weighted by molar-refractivity contribution is 6.30. The molecular formula is C20H24ClN3O2. The number of hydrogen-bond acceptors (Lipinski definition) is 4. The van der Waals surface area contributed by atoms with Crippen molar-refractivity contribution in [2.75, 3.05) is 13.1 Å². The fraction of sp³-hybridized carbons (Fsp3) is 0.400. The van der Waals surface area contributed by atoms with Gasteiger partial charge in [-0.1, -0.05) is 23.7 Å². The molecule has 1 aliphatic rings. The summed E-state index contributed by atoms with van der Waals surface area (Å²) in [6.45, 7) is 5.74. The molecule has 138 valence electrons. The van der Waals surface area contributed by atoms with Crippen molar-refractivity contribution in [2.45, 2.75) is 33.1 Å². The second kappa shape index (κ2) is 8.41. The van der Waals surface area contributed by atoms with Crippen LogP contribution in [0.15, 0.2) is 41.6 Å². The van der Waals surface area contributed by atoms with Crippen molar-refractivity contribution in [3.8, 4) is 11.6 Å². The van der Waals surface area contributed by atoms with Crippen molar-refractivity contribution >= 4 is 17.4 Å². The van der Waals surface area contributed by atoms with E-state index in [1.54, 1.807) is 24.3 Å². The van der Waals surface area contributed by atoms with E-state index in [2.05, 4.69) is 22.0 Å². The fourth-order valence-corrected chi connectivity index (χ4v) is 2.97. The second-order valence-electron chi connectivity index (χ2n) is 6.67. The van der Waals surface area contributed by atoms with Crippen LogP contribution < -0.4 is 4.74 Å². The summed E-state index contributed by atoms with van der Waals surface area (Å²) in [6, 6.07) is 10.9. The first-order valence-electron chi connectivity index (χ1n) is 8.99. The average Bonchev–Trinajstić information content (AvgIpc) is 3.43. The van der Waals surface area contributed by atoms with E-state index in [1.165, 1.54) is 12.8 Å². The van der Waals surface area contributed by atoms with Crippen molar-refractivity contribution < 1.29 is 9.94 Å². The number of hydrogen-bond donors (Lipinski definition) is 1. The zero-order valence-corrected chi connectivity index (χ0v) is 15.9. The third kappa shape index (κ3) is 4.67. The lowest BCUT2D eigenvalue weighted by Gasteiger charge is -2.25. The number of rotatable bonds is 7. The summed E-state index contributed by atoms with van der Waals surface area (Å²) in [7, 11) is 0. The van der Waals surface area contributed by atoms with Gasteiger partial charge >= 0.3 is 0 Å². The van der Waals surface area contributed by atoms with Crippen molar-refractivity contribution in [2.24, 2.45) is 11.1 Å². The largest absolute Gasteiger partial charge is 0.438 e. The SMILES string of the molecule is CCCN(CC1CC1)/C(=N\O)c1ccc(C)nc1Oc1ccc(Cl)cc1. The quantitative estimate of drug-likeness (QED) is 0.317. The molecule has 0 aliphatic heterocycles. The van der Waals surface area contributed by atoms with Gasteiger partial charge in [0, 0.05) is 23.8 Å². The summed E-state index contributed by atoms with van der Waals surface area (Å²) in [5.74, 6) is 2.25. The normalized spacial score (nSPS) is 14.3. The van der Waals surface area contributed by atoms with Crippen LogP contribution in [-0.4, -0.2) is 34.0 Å². The lowest BCUT2D eigenvalue weighted by molar-refractivity contribution is 0.296. The molecular weight excluding hydrogens is 350 g/mol. The molecule has 0 spiro atoms. The van der Waals surface area contributed by atoms with E-state index in [-0.39, 0.29) is 0 Å². The van der Waals surface area contributed by atoms with Crippen LogP contribution in [0.1, 0.15) is 37.4 Å². The molecule has 1 aliphatic carbocycles. The van der Waals surface area contributed by atoms with Crippen LogP contribution in [0.3, 0.4) is 0 Å². The maximum atomic E-state index is 9.75. The van der Waals surface area contributed by atoms with E-state index >= 15 is 0 Å². The maximum absolute atomic E-state index is 9.75. The van der Waals surface area contributed by atoms with E-state index in [0.29, 0.717) is 34.0 Å². The molecule has 5 nitrogen and oxygen atoms in total. The zero-order valence-electron chi connectivity index (χ0n) is 15.2. The van der Waals surface area contributed by atoms with Crippen LogP contribution >= 0.6 is 11.6 Å². The van der Waals surface area contributed by atoms with Gasteiger partial charge in [0.25, 0.3) is 0 Å². The van der Waals surface area contributed by atoms with Crippen molar-refractivity contribution in [3.05, 3.63) is 52.7 Å². The number of benzene rings is 1. The van der Waals surface area contributed by atoms with Crippen LogP contribution in [0.2, 0.25) is 5.02 Å². The van der Waals surface area contributed by atoms with E-state index in [1.807, 2.05) is 19.1 Å². The Bertz CT molecular complexity index is 773. The second-order valence-corrected chi connectivity index (χ2v) is 7.11. The van der Waals surface area contributed by atoms with Gasteiger partial charge < -0.3 is 14.8 Å². The third-order valence-corrected chi connectivity index (χ3v) is 4.58. The minimum absolute atomic E-state index is 0.428. The first-order chi connectivity index (χ1) is 12.6. The summed E-state index contributed by atoms with van der Waals surface area (Å²) in [6.07, 6.45) is 3.44. The smallest absolute Gasteiger partial charge is 0.230 e. The molecule has 0 atom stereocenters. The first-order valence-corrected chi connectivity index (χ1v) is 9.37. The third-order valence-electron chi connectivity index (χ3n) is 4.33. The molecule has 1 N–H and O–H groups in total. The molecule has 6 heteroatoms. The molecule has 1 saturated carbocycles. The van der Waals surface area contributed by atoms with Crippen LogP contribution in [0, 0.1) is 12.8 Å². The number of halogens is 1. The molecule has 0 bridgehead atoms. The number of aromatic nitrogens is 1. The van der Waals surface area contributed by atoms with Crippen LogP contribution in [-0.2, 0) is 0 Å². The predicted octanol–water partition coefficient (Wildman–Crippen LogP) is 5.09. The van der Waals surface area contributed by atoms with Gasteiger partial charge in [-0.25, -0.2) is 4.98 Å². The van der Waals surface area contributed by atoms with Gasteiger partial charge in [-0.05, 0) is 68.5 Å². The Balaban J connectivity index is 1.92. The standard InChI is InChI=1S/C20H24ClN3O2/c1-3-12-24(13-15-5-6-15)19(23-25)18-11-4-14(2)22-20(18)26-17-9-7-16(21)8-10-17/h4,7-11,15,25H,3,5-6,12-13H2,1-2H3/b23-19-. The van der Waals surface area contributed by atoms with Gasteiger partial charge in [0.05, 0.1) is 5.56 Å². The Labute approximate surface area is 159 Å². The highest BCUT2D eigenvalue weighted by atomic mass is 35.5. The number of pyridine rings is 1. The van der Waals surface area contributed by atoms with Gasteiger partial charge in [0.2, 0.25) is 5.88 Å². The van der Waals surface area contributed by atoms with E-state index < -0.39 is 0 Å². The monoisotopic (exact) mass is 373 g/mol. The summed E-state index contributed by atoms with van der Waals surface area (Å²) >= 11 is 5.94. The number of aryl methyl sites for hydroxylation is 1. The number of amidine groups is 1. The summed E-state index contributed by atoms with van der Waals surface area (Å²) in [4.78, 5) is 6.65. The lowest BCUT2D eigenvalue weighted by Crippen LogP contribution is -2.34. The van der Waals surface area contributed by atoms with Gasteiger partial charge in [-0.3, -0.25) is 0 Å². The predicted molar refractivity (Wildman–Crippen MR) is 103 cm³/mol. The van der Waals surface area contributed by atoms with Crippen molar-refractivity contribution in [3.63, 3.8) is 0 Å². The molecule has 2 aromatic rings. The molecule has 1 heterocycles. The Hall–Kier alpha value is -2.27. The Morgan fingerprint density at radius 3 is 2.62 bits per heavy atom. The van der Waals surface area contributed by atoms with E-state index in [4.69, 9.17) is 16.3 Å². The molecule has 0 amide bonds. The van der Waals surface area contributed by atoms with Gasteiger partial charge in [-0.15, -0.1) is 0 Å². The van der Waals surface area contributed by atoms with Crippen LogP contribution in [0.25, 0.3) is 0 Å². The van der Waals surface area contributed by atoms with Crippen molar-refractivity contribution in [1.29, 1.82) is 0 Å². The molecule has 26 heavy (non-hydrogen) atoms. The Morgan fingerprint density at radius 1 is 1.27 bits per heavy atom. The molecule has 1 fully saturated rings. The van der Waals surface area contributed by atoms with Crippen LogP contribution in [0.4, 0.5) is 0 Å².